The number of benzene rings is 1. The number of hydrogen-bond donors (Lipinski definition) is 1. The summed E-state index contributed by atoms with van der Waals surface area (Å²) in [5.74, 6) is 0.837. The molecule has 0 amide bonds. The van der Waals surface area contributed by atoms with E-state index in [2.05, 4.69) is 13.0 Å². The number of nitrogens with zero attached hydrogens (tertiary/aromatic N) is 2. The molecular formula is C21H22BN3O. The monoisotopic (exact) mass is 343 g/mol. The second-order valence-electron chi connectivity index (χ2n) is 6.11. The highest BCUT2D eigenvalue weighted by Crippen LogP contribution is 2.31. The van der Waals surface area contributed by atoms with Crippen LogP contribution in [0.4, 0.5) is 0 Å². The van der Waals surface area contributed by atoms with E-state index in [9.17, 15) is 0 Å². The lowest BCUT2D eigenvalue weighted by molar-refractivity contribution is 0.414. The molecule has 0 saturated heterocycles. The zero-order chi connectivity index (χ0) is 18.5. The molecule has 2 heterocycles. The van der Waals surface area contributed by atoms with Crippen molar-refractivity contribution in [1.29, 1.82) is 0 Å². The van der Waals surface area contributed by atoms with Crippen molar-refractivity contribution in [1.82, 2.24) is 4.48 Å². The minimum atomic E-state index is 0.541. The van der Waals surface area contributed by atoms with E-state index in [4.69, 9.17) is 23.4 Å². The number of aliphatic imine (C=N–C) groups is 1. The molecule has 1 aliphatic heterocycles. The zero-order valence-electron chi connectivity index (χ0n) is 15.1. The van der Waals surface area contributed by atoms with Crippen molar-refractivity contribution in [3.63, 3.8) is 0 Å². The largest absolute Gasteiger partial charge is 0.496 e. The van der Waals surface area contributed by atoms with Gasteiger partial charge in [0.15, 0.2) is 0 Å². The molecule has 4 nitrogen and oxygen atoms in total. The van der Waals surface area contributed by atoms with Crippen LogP contribution in [0.1, 0.15) is 24.6 Å². The van der Waals surface area contributed by atoms with Crippen molar-refractivity contribution in [2.45, 2.75) is 13.3 Å². The number of ether oxygens (including phenoxy) is 1. The Hall–Kier alpha value is -2.79. The Labute approximate surface area is 155 Å². The molecule has 0 fully saturated rings. The maximum absolute atomic E-state index is 6.03. The van der Waals surface area contributed by atoms with E-state index < -0.39 is 0 Å². The Morgan fingerprint density at radius 2 is 2.04 bits per heavy atom. The van der Waals surface area contributed by atoms with Gasteiger partial charge in [-0.2, -0.15) is 0 Å². The molecule has 0 unspecified atom stereocenters. The number of allylic oxidation sites excluding steroid dienone is 3. The third-order valence-electron chi connectivity index (χ3n) is 4.32. The number of aromatic nitrogens is 1. The normalized spacial score (nSPS) is 16.0. The molecule has 0 saturated carbocycles. The van der Waals surface area contributed by atoms with Gasteiger partial charge in [0.1, 0.15) is 5.75 Å². The van der Waals surface area contributed by atoms with E-state index in [0.29, 0.717) is 13.0 Å². The molecule has 1 aromatic heterocycles. The number of rotatable bonds is 6. The topological polar surface area (TPSA) is 52.5 Å². The molecular weight excluding hydrogens is 321 g/mol. The summed E-state index contributed by atoms with van der Waals surface area (Å²) in [5, 5.41) is 0. The van der Waals surface area contributed by atoms with Crippen molar-refractivity contribution in [3.05, 3.63) is 77.3 Å². The van der Waals surface area contributed by atoms with Crippen LogP contribution in [0.5, 0.6) is 5.75 Å². The quantitative estimate of drug-likeness (QED) is 0.815. The van der Waals surface area contributed by atoms with E-state index in [1.165, 1.54) is 0 Å². The second-order valence-corrected chi connectivity index (χ2v) is 6.11. The summed E-state index contributed by atoms with van der Waals surface area (Å²) in [5.41, 5.74) is 11.8. The van der Waals surface area contributed by atoms with Crippen LogP contribution in [0, 0.1) is 0 Å². The molecule has 26 heavy (non-hydrogen) atoms. The van der Waals surface area contributed by atoms with E-state index in [-0.39, 0.29) is 0 Å². The van der Waals surface area contributed by atoms with E-state index in [1.807, 2.05) is 54.7 Å². The Kier molecular flexibility index (Phi) is 5.59. The van der Waals surface area contributed by atoms with E-state index in [1.54, 1.807) is 11.6 Å². The Morgan fingerprint density at radius 3 is 2.73 bits per heavy atom. The molecule has 1 aromatic carbocycles. The summed E-state index contributed by atoms with van der Waals surface area (Å²) < 4.78 is 7.00. The van der Waals surface area contributed by atoms with Crippen LogP contribution in [0.3, 0.4) is 0 Å². The Balaban J connectivity index is 1.96. The first-order chi connectivity index (χ1) is 12.6. The molecule has 5 heteroatoms. The summed E-state index contributed by atoms with van der Waals surface area (Å²) in [6.45, 7) is 2.60. The van der Waals surface area contributed by atoms with Crippen molar-refractivity contribution < 1.29 is 4.74 Å². The molecule has 2 radical (unpaired) electrons. The average molecular weight is 343 g/mol. The molecule has 0 spiro atoms. The number of nitrogens with two attached hydrogens (primary N) is 1. The lowest BCUT2D eigenvalue weighted by Gasteiger charge is -2.11. The van der Waals surface area contributed by atoms with Gasteiger partial charge in [-0.05, 0) is 68.1 Å². The molecule has 0 aliphatic carbocycles. The molecule has 2 aromatic rings. The van der Waals surface area contributed by atoms with Crippen LogP contribution in [0.15, 0.2) is 71.0 Å². The van der Waals surface area contributed by atoms with Gasteiger partial charge >= 0.3 is 0 Å². The maximum atomic E-state index is 6.03. The highest BCUT2D eigenvalue weighted by atomic mass is 16.5. The molecule has 0 atom stereocenters. The first-order valence-corrected chi connectivity index (χ1v) is 8.58. The van der Waals surface area contributed by atoms with Crippen LogP contribution in [0.25, 0.3) is 11.6 Å². The fraction of sp³-hybridized carbons (Fsp3) is 0.190. The third kappa shape index (κ3) is 3.73. The van der Waals surface area contributed by atoms with Crippen molar-refractivity contribution in [2.75, 3.05) is 13.7 Å². The molecule has 3 rings (SSSR count). The fourth-order valence-corrected chi connectivity index (χ4v) is 3.07. The van der Waals surface area contributed by atoms with Gasteiger partial charge in [-0.1, -0.05) is 18.2 Å². The van der Waals surface area contributed by atoms with Gasteiger partial charge in [-0.25, -0.2) is 4.99 Å². The molecule has 2 N–H and O–H groups in total. The van der Waals surface area contributed by atoms with Gasteiger partial charge in [0, 0.05) is 16.8 Å². The van der Waals surface area contributed by atoms with Gasteiger partial charge in [0.05, 0.1) is 18.5 Å². The van der Waals surface area contributed by atoms with Crippen molar-refractivity contribution in [2.24, 2.45) is 10.7 Å². The number of hydrogen-bond acceptors (Lipinski definition) is 3. The first-order valence-electron chi connectivity index (χ1n) is 8.58. The highest BCUT2D eigenvalue weighted by Gasteiger charge is 2.16. The molecule has 0 bridgehead atoms. The zero-order valence-corrected chi connectivity index (χ0v) is 15.1. The van der Waals surface area contributed by atoms with Crippen molar-refractivity contribution >= 4 is 25.3 Å². The Bertz CT molecular complexity index is 919. The van der Waals surface area contributed by atoms with Crippen LogP contribution < -0.4 is 10.5 Å². The predicted octanol–water partition coefficient (Wildman–Crippen LogP) is 3.60. The summed E-state index contributed by atoms with van der Waals surface area (Å²) in [6, 6.07) is 11.8. The number of para-hydroxylation sites is 1. The highest BCUT2D eigenvalue weighted by molar-refractivity contribution is 6.11. The van der Waals surface area contributed by atoms with Gasteiger partial charge < -0.3 is 14.9 Å². The van der Waals surface area contributed by atoms with E-state index in [0.717, 1.165) is 39.6 Å². The van der Waals surface area contributed by atoms with Crippen molar-refractivity contribution in [3.8, 4) is 5.75 Å². The summed E-state index contributed by atoms with van der Waals surface area (Å²) in [6.07, 6.45) is 8.62. The maximum Gasteiger partial charge on any atom is 0.234 e. The summed E-state index contributed by atoms with van der Waals surface area (Å²) >= 11 is 0. The smallest absolute Gasteiger partial charge is 0.234 e. The van der Waals surface area contributed by atoms with Gasteiger partial charge in [-0.3, -0.25) is 0 Å². The van der Waals surface area contributed by atoms with Crippen LogP contribution in [0.2, 0.25) is 0 Å². The minimum Gasteiger partial charge on any atom is -0.496 e. The second kappa shape index (κ2) is 8.06. The molecule has 1 aliphatic rings. The standard InChI is InChI=1S/C21H22BN3O/c1-15-14-17(10-9-16-6-3-4-8-20(16)26-2)24-21(15)18(11-12-23)19-7-5-13-25(19)22/h3-10,13-14H,11-12,23H2,1-2H3/b10-9+,21-18-. The first kappa shape index (κ1) is 18.0. The van der Waals surface area contributed by atoms with E-state index >= 15 is 0 Å². The van der Waals surface area contributed by atoms with Gasteiger partial charge in [0.2, 0.25) is 7.98 Å². The van der Waals surface area contributed by atoms with Crippen LogP contribution in [-0.4, -0.2) is 31.8 Å². The Morgan fingerprint density at radius 1 is 1.23 bits per heavy atom. The summed E-state index contributed by atoms with van der Waals surface area (Å²) in [7, 11) is 7.70. The lowest BCUT2D eigenvalue weighted by atomic mass is 10.0. The SMILES string of the molecule is [B]n1cccc1/C(CCN)=C1N=C(/C=C/c2ccccc2OC)C=C\1C. The fourth-order valence-electron chi connectivity index (χ4n) is 3.07. The average Bonchev–Trinajstić information content (AvgIpc) is 3.24. The lowest BCUT2D eigenvalue weighted by Crippen LogP contribution is -2.05. The van der Waals surface area contributed by atoms with Crippen LogP contribution in [-0.2, 0) is 0 Å². The van der Waals surface area contributed by atoms with Gasteiger partial charge in [0.25, 0.3) is 0 Å². The minimum absolute atomic E-state index is 0.541. The van der Waals surface area contributed by atoms with Gasteiger partial charge in [-0.15, -0.1) is 0 Å². The van der Waals surface area contributed by atoms with Crippen LogP contribution >= 0.6 is 0 Å². The third-order valence-corrected chi connectivity index (χ3v) is 4.32. The predicted molar refractivity (Wildman–Crippen MR) is 109 cm³/mol. The summed E-state index contributed by atoms with van der Waals surface area (Å²) in [4.78, 5) is 4.81. The molecule has 130 valence electrons. The number of methoxy groups -OCH3 is 1.